The summed E-state index contributed by atoms with van der Waals surface area (Å²) in [6.07, 6.45) is 0. The number of nitrogens with zero attached hydrogens (tertiary/aromatic N) is 2. The van der Waals surface area contributed by atoms with E-state index in [1.165, 1.54) is 16.9 Å². The third kappa shape index (κ3) is 4.17. The molecule has 1 aromatic heterocycles. The summed E-state index contributed by atoms with van der Waals surface area (Å²) >= 11 is 6.02. The molecule has 8 heteroatoms. The van der Waals surface area contributed by atoms with Gasteiger partial charge in [-0.2, -0.15) is 23.1 Å². The van der Waals surface area contributed by atoms with Crippen molar-refractivity contribution < 1.29 is 8.42 Å². The molecule has 0 saturated heterocycles. The Morgan fingerprint density at radius 1 is 0.867 bits per heavy atom. The summed E-state index contributed by atoms with van der Waals surface area (Å²) in [4.78, 5) is 4.00. The van der Waals surface area contributed by atoms with E-state index in [2.05, 4.69) is 15.2 Å². The number of benzene rings is 3. The maximum absolute atomic E-state index is 12.9. The normalized spacial score (nSPS) is 11.3. The second-order valence-electron chi connectivity index (χ2n) is 6.57. The third-order valence-corrected chi connectivity index (χ3v) is 6.11. The van der Waals surface area contributed by atoms with Crippen LogP contribution >= 0.6 is 11.6 Å². The highest BCUT2D eigenvalue weighted by molar-refractivity contribution is 7.92. The van der Waals surface area contributed by atoms with E-state index in [0.29, 0.717) is 16.4 Å². The quantitative estimate of drug-likeness (QED) is 0.451. The minimum Gasteiger partial charge on any atom is -0.388 e. The molecule has 0 unspecified atom stereocenters. The Bertz CT molecular complexity index is 1270. The van der Waals surface area contributed by atoms with E-state index in [9.17, 15) is 8.42 Å². The van der Waals surface area contributed by atoms with Crippen LogP contribution in [-0.4, -0.2) is 25.4 Å². The van der Waals surface area contributed by atoms with E-state index in [0.717, 1.165) is 16.8 Å². The zero-order valence-electron chi connectivity index (χ0n) is 16.1. The smallest absolute Gasteiger partial charge is 0.276 e. The molecule has 0 fully saturated rings. The van der Waals surface area contributed by atoms with E-state index < -0.39 is 10.0 Å². The highest BCUT2D eigenvalue weighted by atomic mass is 35.5. The molecule has 152 valence electrons. The van der Waals surface area contributed by atoms with Crippen LogP contribution in [0.3, 0.4) is 0 Å². The van der Waals surface area contributed by atoms with Gasteiger partial charge in [0.15, 0.2) is 0 Å². The van der Waals surface area contributed by atoms with Gasteiger partial charge in [0.2, 0.25) is 0 Å². The zero-order chi connectivity index (χ0) is 21.1. The lowest BCUT2D eigenvalue weighted by Crippen LogP contribution is -2.25. The first-order valence-electron chi connectivity index (χ1n) is 9.18. The molecule has 0 amide bonds. The van der Waals surface area contributed by atoms with Crippen LogP contribution in [0.15, 0.2) is 89.8 Å². The van der Waals surface area contributed by atoms with Gasteiger partial charge in [-0.25, -0.2) is 0 Å². The summed E-state index contributed by atoms with van der Waals surface area (Å²) < 4.78 is 25.8. The van der Waals surface area contributed by atoms with Crippen molar-refractivity contribution in [1.82, 2.24) is 9.89 Å². The predicted molar refractivity (Wildman–Crippen MR) is 121 cm³/mol. The molecular weight excluding hydrogens is 420 g/mol. The minimum atomic E-state index is -3.82. The standard InChI is InChI=1S/C22H19ClN4O2S/c1-24-19-7-5-6-17(14-19)21-15-22(16-10-12-18(23)13-11-16)27(25-21)26-30(28,29)20-8-3-2-4-9-20/h2-15,24,26H,1H3. The molecule has 3 aromatic carbocycles. The van der Waals surface area contributed by atoms with E-state index in [-0.39, 0.29) is 4.90 Å². The van der Waals surface area contributed by atoms with Gasteiger partial charge in [-0.1, -0.05) is 54.1 Å². The fourth-order valence-corrected chi connectivity index (χ4v) is 4.13. The topological polar surface area (TPSA) is 76.0 Å². The minimum absolute atomic E-state index is 0.154. The van der Waals surface area contributed by atoms with Crippen molar-refractivity contribution >= 4 is 27.3 Å². The van der Waals surface area contributed by atoms with E-state index in [1.54, 1.807) is 30.3 Å². The fraction of sp³-hybridized carbons (Fsp3) is 0.0455. The van der Waals surface area contributed by atoms with Gasteiger partial charge in [0.1, 0.15) is 0 Å². The molecule has 0 aliphatic rings. The van der Waals surface area contributed by atoms with Crippen LogP contribution in [0, 0.1) is 0 Å². The van der Waals surface area contributed by atoms with Gasteiger partial charge in [-0.3, -0.25) is 0 Å². The van der Waals surface area contributed by atoms with E-state index in [4.69, 9.17) is 11.6 Å². The number of anilines is 1. The number of rotatable bonds is 6. The SMILES string of the molecule is CNc1cccc(-c2cc(-c3ccc(Cl)cc3)n(NS(=O)(=O)c3ccccc3)n2)c1. The molecule has 0 saturated carbocycles. The second kappa shape index (κ2) is 8.22. The van der Waals surface area contributed by atoms with Gasteiger partial charge < -0.3 is 5.32 Å². The van der Waals surface area contributed by atoms with Crippen LogP contribution in [0.4, 0.5) is 5.69 Å². The molecule has 0 aliphatic carbocycles. The van der Waals surface area contributed by atoms with Crippen LogP contribution in [0.2, 0.25) is 5.02 Å². The van der Waals surface area contributed by atoms with Gasteiger partial charge in [-0.15, -0.1) is 0 Å². The molecule has 1 heterocycles. The van der Waals surface area contributed by atoms with Crippen LogP contribution in [0.5, 0.6) is 0 Å². The predicted octanol–water partition coefficient (Wildman–Crippen LogP) is 4.84. The summed E-state index contributed by atoms with van der Waals surface area (Å²) in [5.41, 5.74) is 3.79. The fourth-order valence-electron chi connectivity index (χ4n) is 3.02. The molecule has 0 radical (unpaired) electrons. The number of aromatic nitrogens is 2. The van der Waals surface area contributed by atoms with E-state index in [1.807, 2.05) is 49.5 Å². The Morgan fingerprint density at radius 2 is 1.60 bits per heavy atom. The first-order chi connectivity index (χ1) is 14.5. The first kappa shape index (κ1) is 20.0. The lowest BCUT2D eigenvalue weighted by molar-refractivity contribution is 0.592. The number of sulfonamides is 1. The van der Waals surface area contributed by atoms with Gasteiger partial charge in [0, 0.05) is 28.9 Å². The maximum atomic E-state index is 12.9. The van der Waals surface area contributed by atoms with Crippen molar-refractivity contribution in [3.05, 3.63) is 90.0 Å². The number of nitrogens with one attached hydrogen (secondary N) is 2. The lowest BCUT2D eigenvalue weighted by Gasteiger charge is -2.11. The maximum Gasteiger partial charge on any atom is 0.276 e. The summed E-state index contributed by atoms with van der Waals surface area (Å²) in [5.74, 6) is 0. The summed E-state index contributed by atoms with van der Waals surface area (Å²) in [5, 5.41) is 8.22. The molecule has 0 atom stereocenters. The van der Waals surface area contributed by atoms with Crippen molar-refractivity contribution in [2.75, 3.05) is 17.2 Å². The molecule has 0 bridgehead atoms. The highest BCUT2D eigenvalue weighted by Gasteiger charge is 2.19. The zero-order valence-corrected chi connectivity index (χ0v) is 17.7. The van der Waals surface area contributed by atoms with Crippen LogP contribution < -0.4 is 10.1 Å². The van der Waals surface area contributed by atoms with Crippen LogP contribution in [0.1, 0.15) is 0 Å². The average Bonchev–Trinajstić information content (AvgIpc) is 3.18. The monoisotopic (exact) mass is 438 g/mol. The number of hydrogen-bond acceptors (Lipinski definition) is 4. The third-order valence-electron chi connectivity index (χ3n) is 4.56. The summed E-state index contributed by atoms with van der Waals surface area (Å²) in [6.45, 7) is 0. The van der Waals surface area contributed by atoms with Gasteiger partial charge in [-0.05, 0) is 42.5 Å². The van der Waals surface area contributed by atoms with Crippen molar-refractivity contribution in [2.45, 2.75) is 4.90 Å². The molecular formula is C22H19ClN4O2S. The second-order valence-corrected chi connectivity index (χ2v) is 8.67. The Kier molecular flexibility index (Phi) is 5.48. The molecule has 30 heavy (non-hydrogen) atoms. The Balaban J connectivity index is 1.81. The van der Waals surface area contributed by atoms with Gasteiger partial charge in [0.05, 0.1) is 16.3 Å². The Labute approximate surface area is 180 Å². The van der Waals surface area contributed by atoms with Gasteiger partial charge in [0.25, 0.3) is 10.0 Å². The Hall–Kier alpha value is -3.29. The van der Waals surface area contributed by atoms with Crippen LogP contribution in [-0.2, 0) is 10.0 Å². The molecule has 4 aromatic rings. The average molecular weight is 439 g/mol. The van der Waals surface area contributed by atoms with Gasteiger partial charge >= 0.3 is 0 Å². The Morgan fingerprint density at radius 3 is 2.30 bits per heavy atom. The molecule has 6 nitrogen and oxygen atoms in total. The summed E-state index contributed by atoms with van der Waals surface area (Å²) in [6, 6.07) is 24.9. The van der Waals surface area contributed by atoms with E-state index >= 15 is 0 Å². The lowest BCUT2D eigenvalue weighted by atomic mass is 10.1. The largest absolute Gasteiger partial charge is 0.388 e. The number of halogens is 1. The molecule has 0 spiro atoms. The van der Waals surface area contributed by atoms with Crippen molar-refractivity contribution in [3.63, 3.8) is 0 Å². The molecule has 0 aliphatic heterocycles. The van der Waals surface area contributed by atoms with Crippen molar-refractivity contribution in [3.8, 4) is 22.5 Å². The number of hydrogen-bond donors (Lipinski definition) is 2. The molecule has 2 N–H and O–H groups in total. The van der Waals surface area contributed by atoms with Crippen molar-refractivity contribution in [1.29, 1.82) is 0 Å². The highest BCUT2D eigenvalue weighted by Crippen LogP contribution is 2.28. The first-order valence-corrected chi connectivity index (χ1v) is 11.0. The van der Waals surface area contributed by atoms with Crippen LogP contribution in [0.25, 0.3) is 22.5 Å². The molecule has 4 rings (SSSR count). The van der Waals surface area contributed by atoms with Crippen molar-refractivity contribution in [2.24, 2.45) is 0 Å². The summed E-state index contributed by atoms with van der Waals surface area (Å²) in [7, 11) is -1.98.